The zero-order valence-electron chi connectivity index (χ0n) is 18.4. The molecule has 1 aromatic heterocycles. The molecule has 0 atom stereocenters. The van der Waals surface area contributed by atoms with Crippen LogP contribution in [0.3, 0.4) is 0 Å². The Kier molecular flexibility index (Phi) is 18.2. The highest BCUT2D eigenvalue weighted by molar-refractivity contribution is 5.21. The third-order valence-electron chi connectivity index (χ3n) is 5.35. The van der Waals surface area contributed by atoms with Crippen molar-refractivity contribution in [2.75, 3.05) is 18.4 Å². The third-order valence-corrected chi connectivity index (χ3v) is 5.35. The highest BCUT2D eigenvalue weighted by Gasteiger charge is 1.96. The van der Waals surface area contributed by atoms with Crippen molar-refractivity contribution >= 4 is 5.95 Å². The Morgan fingerprint density at radius 2 is 1.07 bits per heavy atom. The molecular formula is C23H42N6. The van der Waals surface area contributed by atoms with Gasteiger partial charge in [-0.3, -0.25) is 0 Å². The van der Waals surface area contributed by atoms with Crippen molar-refractivity contribution in [3.05, 3.63) is 28.9 Å². The molecule has 164 valence electrons. The van der Waals surface area contributed by atoms with Crippen molar-refractivity contribution in [2.24, 2.45) is 5.11 Å². The Hall–Kier alpha value is -1.81. The van der Waals surface area contributed by atoms with Gasteiger partial charge in [0, 0.05) is 30.4 Å². The first kappa shape index (κ1) is 25.2. The van der Waals surface area contributed by atoms with Crippen LogP contribution in [0.2, 0.25) is 0 Å². The number of rotatable bonds is 21. The van der Waals surface area contributed by atoms with E-state index in [-0.39, 0.29) is 0 Å². The molecule has 0 saturated heterocycles. The van der Waals surface area contributed by atoms with Crippen molar-refractivity contribution in [1.29, 1.82) is 0 Å². The highest BCUT2D eigenvalue weighted by Crippen LogP contribution is 2.14. The van der Waals surface area contributed by atoms with Crippen LogP contribution >= 0.6 is 0 Å². The van der Waals surface area contributed by atoms with Gasteiger partial charge in [0.1, 0.15) is 0 Å². The van der Waals surface area contributed by atoms with E-state index in [1.165, 1.54) is 103 Å². The van der Waals surface area contributed by atoms with E-state index in [2.05, 4.69) is 25.3 Å². The predicted octanol–water partition coefficient (Wildman–Crippen LogP) is 7.83. The quantitative estimate of drug-likeness (QED) is 0.0983. The largest absolute Gasteiger partial charge is 0.354 e. The van der Waals surface area contributed by atoms with E-state index in [4.69, 9.17) is 5.53 Å². The molecule has 0 spiro atoms. The van der Waals surface area contributed by atoms with Gasteiger partial charge in [0.15, 0.2) is 0 Å². The summed E-state index contributed by atoms with van der Waals surface area (Å²) in [5.41, 5.74) is 8.20. The molecule has 1 rings (SSSR count). The molecule has 0 aliphatic heterocycles. The topological polar surface area (TPSA) is 86.6 Å². The maximum absolute atomic E-state index is 8.20. The van der Waals surface area contributed by atoms with E-state index in [0.29, 0.717) is 6.54 Å². The summed E-state index contributed by atoms with van der Waals surface area (Å²) in [6.07, 6.45) is 26.3. The monoisotopic (exact) mass is 402 g/mol. The summed E-state index contributed by atoms with van der Waals surface area (Å²) in [6, 6.07) is 1.84. The summed E-state index contributed by atoms with van der Waals surface area (Å²) < 4.78 is 0. The van der Waals surface area contributed by atoms with Crippen LogP contribution in [-0.4, -0.2) is 23.1 Å². The Labute approximate surface area is 177 Å². The maximum Gasteiger partial charge on any atom is 0.222 e. The molecule has 0 radical (unpaired) electrons. The Bertz CT molecular complexity index is 501. The average Bonchev–Trinajstić information content (AvgIpc) is 2.75. The molecule has 0 aromatic carbocycles. The first-order chi connectivity index (χ1) is 14.4. The lowest BCUT2D eigenvalue weighted by atomic mass is 10.0. The Morgan fingerprint density at radius 3 is 1.52 bits per heavy atom. The van der Waals surface area contributed by atoms with Gasteiger partial charge in [-0.15, -0.1) is 0 Å². The van der Waals surface area contributed by atoms with Crippen LogP contribution in [0.25, 0.3) is 10.4 Å². The van der Waals surface area contributed by atoms with Crippen LogP contribution in [-0.2, 0) is 0 Å². The van der Waals surface area contributed by atoms with E-state index >= 15 is 0 Å². The summed E-state index contributed by atoms with van der Waals surface area (Å²) in [6.45, 7) is 1.64. The Balaban J connectivity index is 1.67. The number of hydrogen-bond acceptors (Lipinski definition) is 4. The second-order valence-electron chi connectivity index (χ2n) is 7.96. The molecule has 0 unspecified atom stereocenters. The minimum Gasteiger partial charge on any atom is -0.354 e. The number of aromatic nitrogens is 2. The van der Waals surface area contributed by atoms with Crippen LogP contribution in [0.5, 0.6) is 0 Å². The van der Waals surface area contributed by atoms with Crippen molar-refractivity contribution in [2.45, 2.75) is 109 Å². The highest BCUT2D eigenvalue weighted by atomic mass is 15.1. The first-order valence-electron chi connectivity index (χ1n) is 12.0. The van der Waals surface area contributed by atoms with E-state index < -0.39 is 0 Å². The standard InChI is InChI=1S/C23H42N6/c24-29-28-22-17-15-13-11-9-7-5-3-1-2-4-6-8-10-12-14-16-19-25-23-26-20-18-21-27-23/h18,20-21H,1-17,19,22H2,(H,25,26,27). The normalized spacial score (nSPS) is 10.6. The average molecular weight is 403 g/mol. The first-order valence-corrected chi connectivity index (χ1v) is 12.0. The minimum absolute atomic E-state index is 0.665. The smallest absolute Gasteiger partial charge is 0.222 e. The number of anilines is 1. The number of hydrogen-bond donors (Lipinski definition) is 1. The lowest BCUT2D eigenvalue weighted by molar-refractivity contribution is 0.527. The van der Waals surface area contributed by atoms with Gasteiger partial charge in [-0.2, -0.15) is 0 Å². The van der Waals surface area contributed by atoms with E-state index in [1.54, 1.807) is 12.4 Å². The van der Waals surface area contributed by atoms with Crippen molar-refractivity contribution in [3.63, 3.8) is 0 Å². The molecular weight excluding hydrogens is 360 g/mol. The van der Waals surface area contributed by atoms with E-state index in [9.17, 15) is 0 Å². The summed E-state index contributed by atoms with van der Waals surface area (Å²) in [7, 11) is 0. The van der Waals surface area contributed by atoms with Gasteiger partial charge in [-0.05, 0) is 24.4 Å². The number of nitrogens with zero attached hydrogens (tertiary/aromatic N) is 5. The van der Waals surface area contributed by atoms with Gasteiger partial charge in [0.25, 0.3) is 0 Å². The number of azide groups is 1. The minimum atomic E-state index is 0.665. The molecule has 29 heavy (non-hydrogen) atoms. The third kappa shape index (κ3) is 18.0. The van der Waals surface area contributed by atoms with Crippen LogP contribution in [0.1, 0.15) is 109 Å². The zero-order chi connectivity index (χ0) is 20.7. The SMILES string of the molecule is [N-]=[N+]=NCCCCCCCCCCCCCCCCCCCNc1ncccn1. The van der Waals surface area contributed by atoms with Gasteiger partial charge in [-0.25, -0.2) is 9.97 Å². The zero-order valence-corrected chi connectivity index (χ0v) is 18.4. The van der Waals surface area contributed by atoms with E-state index in [0.717, 1.165) is 18.9 Å². The van der Waals surface area contributed by atoms with Gasteiger partial charge in [0.05, 0.1) is 0 Å². The second kappa shape index (κ2) is 20.9. The van der Waals surface area contributed by atoms with Crippen LogP contribution in [0.4, 0.5) is 5.95 Å². The molecule has 6 heteroatoms. The van der Waals surface area contributed by atoms with Crippen molar-refractivity contribution < 1.29 is 0 Å². The van der Waals surface area contributed by atoms with Crippen LogP contribution in [0.15, 0.2) is 23.6 Å². The molecule has 1 aromatic rings. The lowest BCUT2D eigenvalue weighted by Gasteiger charge is -2.05. The fourth-order valence-corrected chi connectivity index (χ4v) is 3.59. The van der Waals surface area contributed by atoms with E-state index in [1.807, 2.05) is 6.07 Å². The second-order valence-corrected chi connectivity index (χ2v) is 7.96. The maximum atomic E-state index is 8.20. The summed E-state index contributed by atoms with van der Waals surface area (Å²) in [5, 5.41) is 6.84. The van der Waals surface area contributed by atoms with Gasteiger partial charge < -0.3 is 5.32 Å². The molecule has 0 aliphatic carbocycles. The van der Waals surface area contributed by atoms with Crippen molar-refractivity contribution in [3.8, 4) is 0 Å². The van der Waals surface area contributed by atoms with Gasteiger partial charge in [0.2, 0.25) is 5.95 Å². The van der Waals surface area contributed by atoms with Crippen LogP contribution in [0, 0.1) is 0 Å². The fraction of sp³-hybridized carbons (Fsp3) is 0.826. The van der Waals surface area contributed by atoms with Gasteiger partial charge in [-0.1, -0.05) is 101 Å². The predicted molar refractivity (Wildman–Crippen MR) is 123 cm³/mol. The molecule has 0 bridgehead atoms. The molecule has 0 saturated carbocycles. The van der Waals surface area contributed by atoms with Crippen LogP contribution < -0.4 is 5.32 Å². The Morgan fingerprint density at radius 1 is 0.655 bits per heavy atom. The number of nitrogens with one attached hydrogen (secondary N) is 1. The summed E-state index contributed by atoms with van der Waals surface area (Å²) in [4.78, 5) is 11.1. The molecule has 1 heterocycles. The molecule has 0 aliphatic rings. The lowest BCUT2D eigenvalue weighted by Crippen LogP contribution is -2.04. The van der Waals surface area contributed by atoms with Crippen molar-refractivity contribution in [1.82, 2.24) is 9.97 Å². The molecule has 0 amide bonds. The molecule has 0 fully saturated rings. The summed E-state index contributed by atoms with van der Waals surface area (Å²) in [5.74, 6) is 0.742. The summed E-state index contributed by atoms with van der Waals surface area (Å²) >= 11 is 0. The number of unbranched alkanes of at least 4 members (excludes halogenated alkanes) is 16. The molecule has 6 nitrogen and oxygen atoms in total. The fourth-order valence-electron chi connectivity index (χ4n) is 3.59. The molecule has 1 N–H and O–H groups in total. The van der Waals surface area contributed by atoms with Gasteiger partial charge >= 0.3 is 0 Å².